The van der Waals surface area contributed by atoms with Gasteiger partial charge in [0.1, 0.15) is 0 Å². The molecule has 2 nitrogen and oxygen atoms in total. The Morgan fingerprint density at radius 1 is 1.46 bits per heavy atom. The molecule has 0 spiro atoms. The normalized spacial score (nSPS) is 21.8. The number of nitrogens with zero attached hydrogens (tertiary/aromatic N) is 1. The first-order chi connectivity index (χ1) is 6.20. The fourth-order valence-electron chi connectivity index (χ4n) is 2.01. The van der Waals surface area contributed by atoms with Gasteiger partial charge in [-0.2, -0.15) is 0 Å². The van der Waals surface area contributed by atoms with E-state index in [0.717, 1.165) is 25.0 Å². The number of carbonyl (C=O) groups is 1. The Morgan fingerprint density at radius 3 is 2.92 bits per heavy atom. The van der Waals surface area contributed by atoms with Gasteiger partial charge in [-0.15, -0.1) is 0 Å². The summed E-state index contributed by atoms with van der Waals surface area (Å²) >= 11 is 0. The molecule has 0 aromatic carbocycles. The summed E-state index contributed by atoms with van der Waals surface area (Å²) in [4.78, 5) is 13.8. The van der Waals surface area contributed by atoms with Gasteiger partial charge >= 0.3 is 0 Å². The van der Waals surface area contributed by atoms with Crippen LogP contribution in [0.3, 0.4) is 0 Å². The van der Waals surface area contributed by atoms with Crippen molar-refractivity contribution in [2.75, 3.05) is 6.54 Å². The van der Waals surface area contributed by atoms with Crippen LogP contribution in [-0.2, 0) is 4.79 Å². The van der Waals surface area contributed by atoms with E-state index in [4.69, 9.17) is 0 Å². The van der Waals surface area contributed by atoms with Crippen molar-refractivity contribution in [2.45, 2.75) is 32.7 Å². The molecule has 13 heavy (non-hydrogen) atoms. The minimum absolute atomic E-state index is 0.227. The lowest BCUT2D eigenvalue weighted by Gasteiger charge is -2.31. The van der Waals surface area contributed by atoms with Crippen molar-refractivity contribution in [1.29, 1.82) is 0 Å². The quantitative estimate of drug-likeness (QED) is 0.599. The summed E-state index contributed by atoms with van der Waals surface area (Å²) in [5.41, 5.74) is 2.29. The lowest BCUT2D eigenvalue weighted by molar-refractivity contribution is -0.129. The second-order valence-corrected chi connectivity index (χ2v) is 3.97. The SMILES string of the molecule is CC(C)N1CCC2=C(C=CC2)C1=O. The van der Waals surface area contributed by atoms with E-state index in [0.29, 0.717) is 6.04 Å². The summed E-state index contributed by atoms with van der Waals surface area (Å²) in [6.45, 7) is 5.04. The molecule has 2 aliphatic rings. The van der Waals surface area contributed by atoms with Gasteiger partial charge in [0.2, 0.25) is 0 Å². The first-order valence-electron chi connectivity index (χ1n) is 4.89. The van der Waals surface area contributed by atoms with Gasteiger partial charge in [-0.1, -0.05) is 17.7 Å². The molecule has 0 radical (unpaired) electrons. The third-order valence-corrected chi connectivity index (χ3v) is 2.80. The van der Waals surface area contributed by atoms with Crippen LogP contribution in [0.15, 0.2) is 23.3 Å². The molecule has 70 valence electrons. The Balaban J connectivity index is 2.26. The van der Waals surface area contributed by atoms with E-state index in [1.165, 1.54) is 5.57 Å². The number of hydrogen-bond acceptors (Lipinski definition) is 1. The van der Waals surface area contributed by atoms with Crippen LogP contribution in [0.1, 0.15) is 26.7 Å². The topological polar surface area (TPSA) is 20.3 Å². The van der Waals surface area contributed by atoms with Gasteiger partial charge in [-0.3, -0.25) is 4.79 Å². The summed E-state index contributed by atoms with van der Waals surface area (Å²) in [5.74, 6) is 0.227. The van der Waals surface area contributed by atoms with Gasteiger partial charge in [0.05, 0.1) is 0 Å². The average molecular weight is 177 g/mol. The van der Waals surface area contributed by atoms with Crippen molar-refractivity contribution in [1.82, 2.24) is 4.90 Å². The molecule has 0 fully saturated rings. The van der Waals surface area contributed by atoms with Crippen LogP contribution >= 0.6 is 0 Å². The first kappa shape index (κ1) is 8.54. The fraction of sp³-hybridized carbons (Fsp3) is 0.545. The number of allylic oxidation sites excluding steroid dienone is 1. The van der Waals surface area contributed by atoms with Gasteiger partial charge in [-0.25, -0.2) is 0 Å². The molecule has 0 atom stereocenters. The Morgan fingerprint density at radius 2 is 2.23 bits per heavy atom. The highest BCUT2D eigenvalue weighted by Crippen LogP contribution is 2.28. The molecule has 1 aliphatic heterocycles. The Hall–Kier alpha value is -1.05. The van der Waals surface area contributed by atoms with E-state index >= 15 is 0 Å². The Labute approximate surface area is 78.9 Å². The fourth-order valence-corrected chi connectivity index (χ4v) is 2.01. The molecule has 0 bridgehead atoms. The lowest BCUT2D eigenvalue weighted by atomic mass is 10.0. The predicted octanol–water partition coefficient (Wildman–Crippen LogP) is 1.88. The molecule has 0 saturated carbocycles. The van der Waals surface area contributed by atoms with Crippen LogP contribution in [0.5, 0.6) is 0 Å². The van der Waals surface area contributed by atoms with Crippen molar-refractivity contribution in [3.63, 3.8) is 0 Å². The van der Waals surface area contributed by atoms with Gasteiger partial charge in [0.15, 0.2) is 0 Å². The van der Waals surface area contributed by atoms with Crippen LogP contribution in [0.4, 0.5) is 0 Å². The van der Waals surface area contributed by atoms with Crippen LogP contribution in [-0.4, -0.2) is 23.4 Å². The Bertz CT molecular complexity index is 299. The predicted molar refractivity (Wildman–Crippen MR) is 52.2 cm³/mol. The molecule has 1 aliphatic carbocycles. The zero-order valence-electron chi connectivity index (χ0n) is 8.21. The van der Waals surface area contributed by atoms with E-state index in [1.54, 1.807) is 0 Å². The highest BCUT2D eigenvalue weighted by Gasteiger charge is 2.28. The molecule has 0 aromatic rings. The van der Waals surface area contributed by atoms with E-state index in [2.05, 4.69) is 19.9 Å². The molecule has 1 amide bonds. The highest BCUT2D eigenvalue weighted by molar-refractivity contribution is 5.98. The molecule has 0 saturated heterocycles. The van der Waals surface area contributed by atoms with Crippen molar-refractivity contribution in [2.24, 2.45) is 0 Å². The van der Waals surface area contributed by atoms with Gasteiger partial charge in [-0.05, 0) is 26.7 Å². The standard InChI is InChI=1S/C11H15NO/c1-8(2)12-7-6-9-4-3-5-10(9)11(12)13/h3,5,8H,4,6-7H2,1-2H3. The summed E-state index contributed by atoms with van der Waals surface area (Å²) in [6, 6.07) is 0.329. The molecular formula is C11H15NO. The maximum absolute atomic E-state index is 11.9. The second kappa shape index (κ2) is 3.02. The summed E-state index contributed by atoms with van der Waals surface area (Å²) in [6.07, 6.45) is 6.12. The molecular weight excluding hydrogens is 162 g/mol. The highest BCUT2D eigenvalue weighted by atomic mass is 16.2. The average Bonchev–Trinajstić information content (AvgIpc) is 2.52. The summed E-state index contributed by atoms with van der Waals surface area (Å²) < 4.78 is 0. The maximum atomic E-state index is 11.9. The maximum Gasteiger partial charge on any atom is 0.254 e. The van der Waals surface area contributed by atoms with Crippen molar-refractivity contribution < 1.29 is 4.79 Å². The third kappa shape index (κ3) is 1.30. The third-order valence-electron chi connectivity index (χ3n) is 2.80. The summed E-state index contributed by atoms with van der Waals surface area (Å²) in [7, 11) is 0. The van der Waals surface area contributed by atoms with Crippen molar-refractivity contribution in [3.8, 4) is 0 Å². The van der Waals surface area contributed by atoms with Crippen molar-refractivity contribution >= 4 is 5.91 Å². The van der Waals surface area contributed by atoms with Gasteiger partial charge < -0.3 is 4.90 Å². The number of hydrogen-bond donors (Lipinski definition) is 0. The zero-order valence-corrected chi connectivity index (χ0v) is 8.21. The lowest BCUT2D eigenvalue weighted by Crippen LogP contribution is -2.41. The van der Waals surface area contributed by atoms with E-state index < -0.39 is 0 Å². The van der Waals surface area contributed by atoms with Gasteiger partial charge in [0, 0.05) is 18.2 Å². The molecule has 1 heterocycles. The van der Waals surface area contributed by atoms with Crippen LogP contribution < -0.4 is 0 Å². The molecule has 0 unspecified atom stereocenters. The van der Waals surface area contributed by atoms with E-state index in [1.807, 2.05) is 11.0 Å². The van der Waals surface area contributed by atoms with E-state index in [-0.39, 0.29) is 5.91 Å². The number of amides is 1. The molecule has 0 N–H and O–H groups in total. The van der Waals surface area contributed by atoms with Crippen LogP contribution in [0.25, 0.3) is 0 Å². The number of rotatable bonds is 1. The Kier molecular flexibility index (Phi) is 1.98. The van der Waals surface area contributed by atoms with Crippen LogP contribution in [0.2, 0.25) is 0 Å². The summed E-state index contributed by atoms with van der Waals surface area (Å²) in [5, 5.41) is 0. The smallest absolute Gasteiger partial charge is 0.254 e. The molecule has 2 rings (SSSR count). The molecule has 2 heteroatoms. The largest absolute Gasteiger partial charge is 0.336 e. The second-order valence-electron chi connectivity index (χ2n) is 3.97. The minimum Gasteiger partial charge on any atom is -0.336 e. The van der Waals surface area contributed by atoms with Crippen LogP contribution in [0, 0.1) is 0 Å². The molecule has 0 aromatic heterocycles. The number of carbonyl (C=O) groups excluding carboxylic acids is 1. The zero-order chi connectivity index (χ0) is 9.42. The van der Waals surface area contributed by atoms with Gasteiger partial charge in [0.25, 0.3) is 5.91 Å². The minimum atomic E-state index is 0.227. The van der Waals surface area contributed by atoms with E-state index in [9.17, 15) is 4.79 Å². The monoisotopic (exact) mass is 177 g/mol. The first-order valence-corrected chi connectivity index (χ1v) is 4.89. The van der Waals surface area contributed by atoms with Crippen molar-refractivity contribution in [3.05, 3.63) is 23.3 Å².